The molecular weight excluding hydrogens is 723 g/mol. The number of nitrogens with one attached hydrogen (secondary N) is 1. The van der Waals surface area contributed by atoms with Gasteiger partial charge >= 0.3 is 5.69 Å². The molecule has 1 aromatic heterocycles. The van der Waals surface area contributed by atoms with Crippen molar-refractivity contribution in [3.05, 3.63) is 128 Å². The molecule has 0 spiro atoms. The first-order valence-electron chi connectivity index (χ1n) is 18.2. The highest BCUT2D eigenvalue weighted by Crippen LogP contribution is 2.51. The maximum Gasteiger partial charge on any atom is 0.330 e. The summed E-state index contributed by atoms with van der Waals surface area (Å²) in [6.45, 7) is 9.92. The number of hydrogen-bond donors (Lipinski definition) is 1. The molecule has 13 nitrogen and oxygen atoms in total. The van der Waals surface area contributed by atoms with Crippen molar-refractivity contribution in [1.29, 1.82) is 5.26 Å². The summed E-state index contributed by atoms with van der Waals surface area (Å²) in [5.41, 5.74) is 0.477. The number of benzene rings is 3. The summed E-state index contributed by atoms with van der Waals surface area (Å²) in [6.07, 6.45) is -1.91. The molecule has 1 N–H and O–H groups in total. The second-order valence-corrected chi connectivity index (χ2v) is 15.1. The molecular formula is C41H51N4O9P. The zero-order valence-corrected chi connectivity index (χ0v) is 33.5. The fourth-order valence-electron chi connectivity index (χ4n) is 6.90. The molecule has 0 radical (unpaired) electrons. The summed E-state index contributed by atoms with van der Waals surface area (Å²) in [5, 5.41) is 9.35. The van der Waals surface area contributed by atoms with Crippen LogP contribution in [0.2, 0.25) is 0 Å². The van der Waals surface area contributed by atoms with Crippen LogP contribution >= 0.6 is 8.53 Å². The maximum absolute atomic E-state index is 13.3. The van der Waals surface area contributed by atoms with Crippen molar-refractivity contribution in [3.63, 3.8) is 0 Å². The Morgan fingerprint density at radius 2 is 1.44 bits per heavy atom. The molecule has 1 aliphatic heterocycles. The Kier molecular flexibility index (Phi) is 14.4. The highest BCUT2D eigenvalue weighted by atomic mass is 31.2. The maximum atomic E-state index is 13.3. The number of aromatic amines is 1. The van der Waals surface area contributed by atoms with Gasteiger partial charge in [0.25, 0.3) is 14.1 Å². The number of aromatic nitrogens is 2. The van der Waals surface area contributed by atoms with Gasteiger partial charge in [0.05, 0.1) is 39.9 Å². The minimum absolute atomic E-state index is 0.0161. The summed E-state index contributed by atoms with van der Waals surface area (Å²) in [5.74, 6) is 1.37. The molecule has 55 heavy (non-hydrogen) atoms. The first kappa shape index (κ1) is 41.8. The first-order valence-corrected chi connectivity index (χ1v) is 19.4. The number of rotatable bonds is 18. The van der Waals surface area contributed by atoms with Gasteiger partial charge in [-0.15, -0.1) is 0 Å². The van der Waals surface area contributed by atoms with Gasteiger partial charge in [-0.25, -0.2) is 9.46 Å². The van der Waals surface area contributed by atoms with E-state index in [1.807, 2.05) is 78.9 Å². The van der Waals surface area contributed by atoms with Crippen LogP contribution in [-0.2, 0) is 28.9 Å². The Morgan fingerprint density at radius 3 is 1.95 bits per heavy atom. The third-order valence-corrected chi connectivity index (χ3v) is 11.6. The molecule has 3 aromatic carbocycles. The van der Waals surface area contributed by atoms with Gasteiger partial charge in [-0.3, -0.25) is 14.3 Å². The highest BCUT2D eigenvalue weighted by molar-refractivity contribution is 7.44. The van der Waals surface area contributed by atoms with E-state index in [0.717, 1.165) is 16.7 Å². The molecule has 0 amide bonds. The third-order valence-electron chi connectivity index (χ3n) is 9.49. The van der Waals surface area contributed by atoms with Crippen molar-refractivity contribution in [2.24, 2.45) is 0 Å². The van der Waals surface area contributed by atoms with Gasteiger partial charge in [0.15, 0.2) is 6.23 Å². The molecule has 5 atom stereocenters. The summed E-state index contributed by atoms with van der Waals surface area (Å²) in [6, 6.07) is 27.5. The van der Waals surface area contributed by atoms with Gasteiger partial charge in [0, 0.05) is 31.0 Å². The van der Waals surface area contributed by atoms with Crippen LogP contribution in [0.25, 0.3) is 0 Å². The number of H-pyrrole nitrogens is 1. The molecule has 0 aliphatic carbocycles. The summed E-state index contributed by atoms with van der Waals surface area (Å²) in [4.78, 5) is 28.1. The minimum Gasteiger partial charge on any atom is -0.497 e. The molecule has 294 valence electrons. The second-order valence-electron chi connectivity index (χ2n) is 13.7. The van der Waals surface area contributed by atoms with Crippen LogP contribution in [-0.4, -0.2) is 79.2 Å². The molecule has 1 aliphatic rings. The van der Waals surface area contributed by atoms with Crippen LogP contribution in [0.4, 0.5) is 0 Å². The molecule has 2 unspecified atom stereocenters. The molecule has 1 saturated heterocycles. The molecule has 0 saturated carbocycles. The van der Waals surface area contributed by atoms with Gasteiger partial charge in [0.2, 0.25) is 0 Å². The fourth-order valence-corrected chi connectivity index (χ4v) is 8.67. The van der Waals surface area contributed by atoms with Crippen molar-refractivity contribution in [2.45, 2.75) is 83.3 Å². The number of nitrogens with zero attached hydrogens (tertiary/aromatic N) is 3. The predicted molar refractivity (Wildman–Crippen MR) is 209 cm³/mol. The van der Waals surface area contributed by atoms with Crippen LogP contribution < -0.4 is 20.7 Å². The SMILES string of the molecule is COc1ccc(C(OC[C@H]2O[C@@H](n3cc(C)c(=O)[nH]c3=O)C(OC)[C@H]2OP(OCCC#N)N(C(C)C)C(C)C)(c2ccccc2)c2ccc(OC)cc2)cc1. The number of nitriles is 1. The predicted octanol–water partition coefficient (Wildman–Crippen LogP) is 6.44. The van der Waals surface area contributed by atoms with Crippen molar-refractivity contribution in [3.8, 4) is 17.6 Å². The molecule has 14 heteroatoms. The van der Waals surface area contributed by atoms with Gasteiger partial charge in [0.1, 0.15) is 35.4 Å². The Labute approximate surface area is 323 Å². The number of methoxy groups -OCH3 is 3. The molecule has 1 fully saturated rings. The van der Waals surface area contributed by atoms with Gasteiger partial charge < -0.3 is 32.7 Å². The van der Waals surface area contributed by atoms with Crippen LogP contribution in [0.5, 0.6) is 11.5 Å². The monoisotopic (exact) mass is 774 g/mol. The van der Waals surface area contributed by atoms with Crippen molar-refractivity contribution >= 4 is 8.53 Å². The van der Waals surface area contributed by atoms with E-state index in [-0.39, 0.29) is 31.7 Å². The summed E-state index contributed by atoms with van der Waals surface area (Å²) < 4.78 is 47.9. The zero-order valence-electron chi connectivity index (χ0n) is 32.6. The van der Waals surface area contributed by atoms with E-state index in [0.29, 0.717) is 17.1 Å². The van der Waals surface area contributed by atoms with Crippen molar-refractivity contribution in [2.75, 3.05) is 34.5 Å². The van der Waals surface area contributed by atoms with Gasteiger partial charge in [-0.1, -0.05) is 54.6 Å². The van der Waals surface area contributed by atoms with E-state index in [9.17, 15) is 14.9 Å². The largest absolute Gasteiger partial charge is 0.497 e. The first-order chi connectivity index (χ1) is 26.5. The molecule has 0 bridgehead atoms. The van der Waals surface area contributed by atoms with E-state index in [1.165, 1.54) is 17.9 Å². The average molecular weight is 775 g/mol. The van der Waals surface area contributed by atoms with E-state index in [1.54, 1.807) is 21.1 Å². The topological polar surface area (TPSA) is 147 Å². The smallest absolute Gasteiger partial charge is 0.330 e. The molecule has 5 rings (SSSR count). The van der Waals surface area contributed by atoms with E-state index < -0.39 is 49.9 Å². The Bertz CT molecular complexity index is 1930. The molecule has 2 heterocycles. The van der Waals surface area contributed by atoms with Gasteiger partial charge in [-0.05, 0) is 75.6 Å². The lowest BCUT2D eigenvalue weighted by Gasteiger charge is -2.39. The van der Waals surface area contributed by atoms with Gasteiger partial charge in [-0.2, -0.15) is 5.26 Å². The summed E-state index contributed by atoms with van der Waals surface area (Å²) in [7, 11) is 2.98. The highest BCUT2D eigenvalue weighted by Gasteiger charge is 2.51. The average Bonchev–Trinajstić information content (AvgIpc) is 3.53. The van der Waals surface area contributed by atoms with E-state index in [4.69, 9.17) is 32.7 Å². The van der Waals surface area contributed by atoms with Crippen molar-refractivity contribution < 1.29 is 32.7 Å². The molecule has 4 aromatic rings. The standard InChI is InChI=1S/C41H51N4O9P/c1-27(2)45(28(3)4)55(52-24-12-23-42)54-36-35(53-39(37(36)50-8)44-25-29(5)38(46)43-40(44)47)26-51-41(30-13-10-9-11-14-30,31-15-19-33(48-6)20-16-31)32-17-21-34(49-7)22-18-32/h9-11,13-22,25,27-28,35-37,39H,12,24,26H2,1-8H3,(H,43,46,47)/t35-,36+,37?,39-,55?/m1/s1. The Hall–Kier alpha value is -4.38. The van der Waals surface area contributed by atoms with Crippen LogP contribution in [0.15, 0.2) is 94.6 Å². The normalized spacial score (nSPS) is 19.2. The lowest BCUT2D eigenvalue weighted by molar-refractivity contribution is -0.0958. The van der Waals surface area contributed by atoms with E-state index in [2.05, 4.69) is 43.4 Å². The van der Waals surface area contributed by atoms with Crippen LogP contribution in [0, 0.1) is 18.3 Å². The lowest BCUT2D eigenvalue weighted by atomic mass is 9.80. The fraction of sp³-hybridized carbons (Fsp3) is 0.439. The number of hydrogen-bond acceptors (Lipinski definition) is 11. The second kappa shape index (κ2) is 19.0. The lowest BCUT2D eigenvalue weighted by Crippen LogP contribution is -2.43. The van der Waals surface area contributed by atoms with Crippen LogP contribution in [0.1, 0.15) is 62.6 Å². The summed E-state index contributed by atoms with van der Waals surface area (Å²) >= 11 is 0. The minimum atomic E-state index is -1.78. The number of ether oxygens (including phenoxy) is 5. The third kappa shape index (κ3) is 9.20. The number of aryl methyl sites for hydroxylation is 1. The Balaban J connectivity index is 1.66. The quantitative estimate of drug-likeness (QED) is 0.0677. The van der Waals surface area contributed by atoms with E-state index >= 15 is 0 Å². The van der Waals surface area contributed by atoms with Crippen molar-refractivity contribution in [1.82, 2.24) is 14.2 Å². The van der Waals surface area contributed by atoms with Crippen LogP contribution in [0.3, 0.4) is 0 Å². The zero-order chi connectivity index (χ0) is 39.7. The Morgan fingerprint density at radius 1 is 0.873 bits per heavy atom.